The summed E-state index contributed by atoms with van der Waals surface area (Å²) in [5, 5.41) is 9.81. The van der Waals surface area contributed by atoms with Crippen molar-refractivity contribution in [3.05, 3.63) is 34.9 Å². The van der Waals surface area contributed by atoms with Crippen molar-refractivity contribution >= 4 is 17.6 Å². The standard InChI is InChI=1S/C13H15ClO2/c14-11-5-1-3-9(8-11)7-10-4-2-6-12(10)13(15)16/h1,3,5,8,10,12H,2,4,6-7H2,(H,15,16). The van der Waals surface area contributed by atoms with Gasteiger partial charge in [-0.3, -0.25) is 4.79 Å². The molecule has 3 heteroatoms. The SMILES string of the molecule is O=C(O)C1CCCC1Cc1cccc(Cl)c1. The normalized spacial score (nSPS) is 24.6. The number of carboxylic acid groups (broad SMARTS) is 1. The fourth-order valence-corrected chi connectivity index (χ4v) is 2.79. The zero-order valence-corrected chi connectivity index (χ0v) is 9.78. The Kier molecular flexibility index (Phi) is 3.49. The van der Waals surface area contributed by atoms with Gasteiger partial charge in [-0.15, -0.1) is 0 Å². The summed E-state index contributed by atoms with van der Waals surface area (Å²) in [6, 6.07) is 7.71. The minimum Gasteiger partial charge on any atom is -0.481 e. The third kappa shape index (κ3) is 2.56. The Morgan fingerprint density at radius 1 is 1.44 bits per heavy atom. The topological polar surface area (TPSA) is 37.3 Å². The lowest BCUT2D eigenvalue weighted by molar-refractivity contribution is -0.142. The third-order valence-corrected chi connectivity index (χ3v) is 3.60. The Morgan fingerprint density at radius 2 is 2.25 bits per heavy atom. The van der Waals surface area contributed by atoms with Crippen LogP contribution in [-0.2, 0) is 11.2 Å². The van der Waals surface area contributed by atoms with E-state index in [0.717, 1.165) is 36.3 Å². The van der Waals surface area contributed by atoms with Gasteiger partial charge in [0.15, 0.2) is 0 Å². The molecule has 2 nitrogen and oxygen atoms in total. The zero-order chi connectivity index (χ0) is 11.5. The van der Waals surface area contributed by atoms with E-state index < -0.39 is 5.97 Å². The Balaban J connectivity index is 2.06. The molecule has 86 valence electrons. The van der Waals surface area contributed by atoms with Crippen LogP contribution in [0.4, 0.5) is 0 Å². The van der Waals surface area contributed by atoms with Crippen molar-refractivity contribution in [3.63, 3.8) is 0 Å². The largest absolute Gasteiger partial charge is 0.481 e. The summed E-state index contributed by atoms with van der Waals surface area (Å²) >= 11 is 5.91. The summed E-state index contributed by atoms with van der Waals surface area (Å²) < 4.78 is 0. The molecule has 2 atom stereocenters. The number of halogens is 1. The molecular formula is C13H15ClO2. The zero-order valence-electron chi connectivity index (χ0n) is 9.03. The fourth-order valence-electron chi connectivity index (χ4n) is 2.57. The van der Waals surface area contributed by atoms with Crippen molar-refractivity contribution in [2.75, 3.05) is 0 Å². The van der Waals surface area contributed by atoms with Crippen LogP contribution in [-0.4, -0.2) is 11.1 Å². The van der Waals surface area contributed by atoms with E-state index in [1.807, 2.05) is 24.3 Å². The summed E-state index contributed by atoms with van der Waals surface area (Å²) in [4.78, 5) is 11.0. The van der Waals surface area contributed by atoms with E-state index in [1.165, 1.54) is 0 Å². The Bertz CT molecular complexity index is 389. The lowest BCUT2D eigenvalue weighted by Gasteiger charge is -2.15. The minimum absolute atomic E-state index is 0.168. The fraction of sp³-hybridized carbons (Fsp3) is 0.462. The Hall–Kier alpha value is -1.02. The molecule has 0 heterocycles. The van der Waals surface area contributed by atoms with E-state index in [9.17, 15) is 4.79 Å². The van der Waals surface area contributed by atoms with Crippen LogP contribution >= 0.6 is 11.6 Å². The highest BCUT2D eigenvalue weighted by Crippen LogP contribution is 2.34. The average molecular weight is 239 g/mol. The number of hydrogen-bond acceptors (Lipinski definition) is 1. The van der Waals surface area contributed by atoms with Crippen LogP contribution in [0.5, 0.6) is 0 Å². The Morgan fingerprint density at radius 3 is 2.94 bits per heavy atom. The van der Waals surface area contributed by atoms with Gasteiger partial charge in [0.1, 0.15) is 0 Å². The highest BCUT2D eigenvalue weighted by Gasteiger charge is 2.32. The van der Waals surface area contributed by atoms with Gasteiger partial charge < -0.3 is 5.11 Å². The lowest BCUT2D eigenvalue weighted by atomic mass is 9.90. The predicted molar refractivity (Wildman–Crippen MR) is 63.6 cm³/mol. The van der Waals surface area contributed by atoms with Gasteiger partial charge in [0.25, 0.3) is 0 Å². The van der Waals surface area contributed by atoms with Gasteiger partial charge in [-0.05, 0) is 42.9 Å². The van der Waals surface area contributed by atoms with E-state index in [2.05, 4.69) is 0 Å². The van der Waals surface area contributed by atoms with Crippen molar-refractivity contribution < 1.29 is 9.90 Å². The van der Waals surface area contributed by atoms with E-state index in [1.54, 1.807) is 0 Å². The smallest absolute Gasteiger partial charge is 0.306 e. The molecule has 0 amide bonds. The highest BCUT2D eigenvalue weighted by molar-refractivity contribution is 6.30. The van der Waals surface area contributed by atoms with Gasteiger partial charge in [0, 0.05) is 5.02 Å². The van der Waals surface area contributed by atoms with Crippen molar-refractivity contribution in [2.45, 2.75) is 25.7 Å². The minimum atomic E-state index is -0.649. The maximum atomic E-state index is 11.0. The number of benzene rings is 1. The second-order valence-corrected chi connectivity index (χ2v) is 4.91. The molecule has 0 bridgehead atoms. The second kappa shape index (κ2) is 4.88. The maximum absolute atomic E-state index is 11.0. The molecule has 1 aromatic rings. The molecule has 0 saturated heterocycles. The second-order valence-electron chi connectivity index (χ2n) is 4.47. The van der Waals surface area contributed by atoms with Crippen LogP contribution in [0.1, 0.15) is 24.8 Å². The summed E-state index contributed by atoms with van der Waals surface area (Å²) in [6.07, 6.45) is 3.70. The molecule has 0 radical (unpaired) electrons. The van der Waals surface area contributed by atoms with Crippen LogP contribution in [0.3, 0.4) is 0 Å². The first-order chi connectivity index (χ1) is 7.66. The van der Waals surface area contributed by atoms with Crippen LogP contribution < -0.4 is 0 Å². The number of aliphatic carboxylic acids is 1. The molecule has 16 heavy (non-hydrogen) atoms. The van der Waals surface area contributed by atoms with Gasteiger partial charge in [0.2, 0.25) is 0 Å². The van der Waals surface area contributed by atoms with Gasteiger partial charge in [-0.2, -0.15) is 0 Å². The quantitative estimate of drug-likeness (QED) is 0.877. The maximum Gasteiger partial charge on any atom is 0.306 e. The molecule has 1 saturated carbocycles. The Labute approximate surface area is 100 Å². The summed E-state index contributed by atoms with van der Waals surface area (Å²) in [5.41, 5.74) is 1.14. The summed E-state index contributed by atoms with van der Waals surface area (Å²) in [5.74, 6) is -0.542. The molecule has 1 aromatic carbocycles. The van der Waals surface area contributed by atoms with E-state index >= 15 is 0 Å². The first-order valence-corrected chi connectivity index (χ1v) is 6.02. The van der Waals surface area contributed by atoms with Crippen LogP contribution in [0.25, 0.3) is 0 Å². The number of rotatable bonds is 3. The van der Waals surface area contributed by atoms with Crippen LogP contribution in [0.15, 0.2) is 24.3 Å². The van der Waals surface area contributed by atoms with Gasteiger partial charge in [0.05, 0.1) is 5.92 Å². The van der Waals surface area contributed by atoms with E-state index in [4.69, 9.17) is 16.7 Å². The number of hydrogen-bond donors (Lipinski definition) is 1. The highest BCUT2D eigenvalue weighted by atomic mass is 35.5. The first-order valence-electron chi connectivity index (χ1n) is 5.64. The molecule has 0 aromatic heterocycles. The molecule has 1 aliphatic rings. The molecule has 0 spiro atoms. The monoisotopic (exact) mass is 238 g/mol. The van der Waals surface area contributed by atoms with Crippen molar-refractivity contribution in [3.8, 4) is 0 Å². The number of carbonyl (C=O) groups is 1. The molecule has 1 N–H and O–H groups in total. The molecule has 0 aliphatic heterocycles. The molecular weight excluding hydrogens is 224 g/mol. The van der Waals surface area contributed by atoms with E-state index in [0.29, 0.717) is 0 Å². The number of carboxylic acids is 1. The van der Waals surface area contributed by atoms with Gasteiger partial charge in [-0.1, -0.05) is 30.2 Å². The molecule has 2 unspecified atom stereocenters. The van der Waals surface area contributed by atoms with Crippen LogP contribution in [0, 0.1) is 11.8 Å². The van der Waals surface area contributed by atoms with Crippen molar-refractivity contribution in [2.24, 2.45) is 11.8 Å². The lowest BCUT2D eigenvalue weighted by Crippen LogP contribution is -2.19. The van der Waals surface area contributed by atoms with Crippen molar-refractivity contribution in [1.82, 2.24) is 0 Å². The van der Waals surface area contributed by atoms with Crippen LogP contribution in [0.2, 0.25) is 5.02 Å². The summed E-state index contributed by atoms with van der Waals surface area (Å²) in [6.45, 7) is 0. The predicted octanol–water partition coefficient (Wildman–Crippen LogP) is 3.38. The molecule has 2 rings (SSSR count). The average Bonchev–Trinajstić information content (AvgIpc) is 2.66. The van der Waals surface area contributed by atoms with Gasteiger partial charge in [-0.25, -0.2) is 0 Å². The molecule has 1 fully saturated rings. The van der Waals surface area contributed by atoms with Crippen molar-refractivity contribution in [1.29, 1.82) is 0 Å². The van der Waals surface area contributed by atoms with Gasteiger partial charge >= 0.3 is 5.97 Å². The first kappa shape index (κ1) is 11.5. The summed E-state index contributed by atoms with van der Waals surface area (Å²) in [7, 11) is 0. The third-order valence-electron chi connectivity index (χ3n) is 3.36. The molecule has 1 aliphatic carbocycles. The van der Waals surface area contributed by atoms with E-state index in [-0.39, 0.29) is 11.8 Å².